The fraction of sp³-hybridized carbons (Fsp3) is 0.360. The Hall–Kier alpha value is -2.93. The molecule has 0 radical (unpaired) electrons. The summed E-state index contributed by atoms with van der Waals surface area (Å²) in [4.78, 5) is 42.7. The van der Waals surface area contributed by atoms with Gasteiger partial charge in [-0.25, -0.2) is 4.98 Å². The monoisotopic (exact) mass is 449 g/mol. The molecule has 1 fully saturated rings. The smallest absolute Gasteiger partial charge is 0.262 e. The normalized spacial score (nSPS) is 15.0. The maximum Gasteiger partial charge on any atom is 0.262 e. The second-order valence-electron chi connectivity index (χ2n) is 8.23. The summed E-state index contributed by atoms with van der Waals surface area (Å²) in [6.45, 7) is 1.49. The van der Waals surface area contributed by atoms with Crippen LogP contribution in [0.25, 0.3) is 10.9 Å². The average Bonchev–Trinajstić information content (AvgIpc) is 3.32. The van der Waals surface area contributed by atoms with Crippen molar-refractivity contribution in [3.63, 3.8) is 0 Å². The molecule has 0 spiro atoms. The van der Waals surface area contributed by atoms with Crippen LogP contribution in [0.3, 0.4) is 0 Å². The van der Waals surface area contributed by atoms with Crippen molar-refractivity contribution in [1.82, 2.24) is 14.9 Å². The maximum absolute atomic E-state index is 13.2. The van der Waals surface area contributed by atoms with Crippen LogP contribution in [0.2, 0.25) is 0 Å². The van der Waals surface area contributed by atoms with Crippen LogP contribution < -0.4 is 10.9 Å². The number of carbonyl (C=O) groups excluding carboxylic acids is 2. The van der Waals surface area contributed by atoms with Gasteiger partial charge in [-0.2, -0.15) is 0 Å². The molecule has 1 N–H and O–H groups in total. The van der Waals surface area contributed by atoms with Gasteiger partial charge in [-0.1, -0.05) is 67.1 Å². The number of nitrogens with one attached hydrogen (secondary N) is 1. The van der Waals surface area contributed by atoms with Gasteiger partial charge in [-0.3, -0.25) is 19.0 Å². The number of benzene rings is 2. The van der Waals surface area contributed by atoms with Gasteiger partial charge in [0.15, 0.2) is 10.9 Å². The van der Waals surface area contributed by atoms with E-state index in [4.69, 9.17) is 4.98 Å². The van der Waals surface area contributed by atoms with Crippen LogP contribution in [0.5, 0.6) is 0 Å². The largest absolute Gasteiger partial charge is 0.345 e. The average molecular weight is 450 g/mol. The van der Waals surface area contributed by atoms with E-state index in [1.807, 2.05) is 48.5 Å². The first-order valence-corrected chi connectivity index (χ1v) is 12.0. The van der Waals surface area contributed by atoms with Crippen LogP contribution in [0, 0.1) is 0 Å². The minimum Gasteiger partial charge on any atom is -0.345 e. The second-order valence-corrected chi connectivity index (χ2v) is 9.18. The Morgan fingerprint density at radius 1 is 1.09 bits per heavy atom. The number of fused-ring (bicyclic) bond motifs is 1. The lowest BCUT2D eigenvalue weighted by molar-refractivity contribution is -0.125. The topological polar surface area (TPSA) is 81.1 Å². The summed E-state index contributed by atoms with van der Waals surface area (Å²) in [6, 6.07) is 16.5. The van der Waals surface area contributed by atoms with E-state index in [-0.39, 0.29) is 29.0 Å². The molecule has 2 aromatic carbocycles. The third kappa shape index (κ3) is 5.10. The summed E-state index contributed by atoms with van der Waals surface area (Å²) in [5.41, 5.74) is 1.59. The quantitative estimate of drug-likeness (QED) is 0.416. The Morgan fingerprint density at radius 2 is 1.78 bits per heavy atom. The summed E-state index contributed by atoms with van der Waals surface area (Å²) in [6.07, 6.45) is 4.53. The summed E-state index contributed by atoms with van der Waals surface area (Å²) in [5, 5.41) is 4.02. The molecule has 1 saturated carbocycles. The van der Waals surface area contributed by atoms with Crippen molar-refractivity contribution in [2.75, 3.05) is 5.75 Å². The molecular weight excluding hydrogens is 422 g/mol. The van der Waals surface area contributed by atoms with Crippen LogP contribution in [0.15, 0.2) is 64.5 Å². The van der Waals surface area contributed by atoms with Gasteiger partial charge < -0.3 is 5.32 Å². The van der Waals surface area contributed by atoms with Crippen LogP contribution >= 0.6 is 11.8 Å². The Bertz CT molecular complexity index is 1170. The van der Waals surface area contributed by atoms with E-state index in [1.165, 1.54) is 18.7 Å². The molecule has 166 valence electrons. The molecule has 1 aliphatic rings. The van der Waals surface area contributed by atoms with Gasteiger partial charge in [0.25, 0.3) is 5.56 Å². The van der Waals surface area contributed by atoms with Gasteiger partial charge in [0.1, 0.15) is 0 Å². The molecule has 1 atom stereocenters. The van der Waals surface area contributed by atoms with Gasteiger partial charge in [0.2, 0.25) is 5.91 Å². The highest BCUT2D eigenvalue weighted by atomic mass is 32.2. The number of hydrogen-bond donors (Lipinski definition) is 1. The van der Waals surface area contributed by atoms with Gasteiger partial charge in [0.05, 0.1) is 22.7 Å². The first kappa shape index (κ1) is 22.3. The SMILES string of the molecule is CC(=O)C(Cc1ccccc1)NC(=O)CSc1nc2ccccc2c(=O)n1C1CCCC1. The molecule has 0 aliphatic heterocycles. The lowest BCUT2D eigenvalue weighted by atomic mass is 10.0. The molecule has 32 heavy (non-hydrogen) atoms. The maximum atomic E-state index is 13.2. The van der Waals surface area contributed by atoms with E-state index < -0.39 is 6.04 Å². The molecule has 1 unspecified atom stereocenters. The van der Waals surface area contributed by atoms with Crippen molar-refractivity contribution in [2.24, 2.45) is 0 Å². The number of carbonyl (C=O) groups is 2. The minimum absolute atomic E-state index is 0.0453. The van der Waals surface area contributed by atoms with Gasteiger partial charge in [-0.15, -0.1) is 0 Å². The number of Topliss-reactive ketones (excluding diaryl/α,β-unsaturated/α-hetero) is 1. The molecule has 1 aromatic heterocycles. The molecular formula is C25H27N3O3S. The van der Waals surface area contributed by atoms with E-state index in [2.05, 4.69) is 5.32 Å². The lowest BCUT2D eigenvalue weighted by Gasteiger charge is -2.19. The number of hydrogen-bond acceptors (Lipinski definition) is 5. The Kier molecular flexibility index (Phi) is 7.05. The number of ketones is 1. The van der Waals surface area contributed by atoms with Crippen molar-refractivity contribution in [2.45, 2.75) is 56.3 Å². The number of para-hydroxylation sites is 1. The lowest BCUT2D eigenvalue weighted by Crippen LogP contribution is -2.42. The van der Waals surface area contributed by atoms with Crippen LogP contribution in [0.4, 0.5) is 0 Å². The number of amides is 1. The fourth-order valence-corrected chi connectivity index (χ4v) is 5.10. The van der Waals surface area contributed by atoms with Gasteiger partial charge in [-0.05, 0) is 43.9 Å². The third-order valence-electron chi connectivity index (χ3n) is 5.91. The Morgan fingerprint density at radius 3 is 2.50 bits per heavy atom. The van der Waals surface area contributed by atoms with Crippen molar-refractivity contribution in [3.8, 4) is 0 Å². The van der Waals surface area contributed by atoms with Crippen molar-refractivity contribution in [1.29, 1.82) is 0 Å². The number of aromatic nitrogens is 2. The molecule has 6 nitrogen and oxygen atoms in total. The predicted molar refractivity (Wildman–Crippen MR) is 127 cm³/mol. The molecule has 0 saturated heterocycles. The zero-order valence-electron chi connectivity index (χ0n) is 18.1. The fourth-order valence-electron chi connectivity index (χ4n) is 4.22. The third-order valence-corrected chi connectivity index (χ3v) is 6.86. The first-order chi connectivity index (χ1) is 15.5. The van der Waals surface area contributed by atoms with Gasteiger partial charge in [0, 0.05) is 6.04 Å². The number of rotatable bonds is 8. The number of thioether (sulfide) groups is 1. The Balaban J connectivity index is 1.51. The minimum atomic E-state index is -0.577. The molecule has 1 aliphatic carbocycles. The van der Waals surface area contributed by atoms with Crippen LogP contribution in [-0.4, -0.2) is 33.0 Å². The molecule has 1 heterocycles. The van der Waals surface area contributed by atoms with Crippen LogP contribution in [-0.2, 0) is 16.0 Å². The van der Waals surface area contributed by atoms with E-state index >= 15 is 0 Å². The summed E-state index contributed by atoms with van der Waals surface area (Å²) >= 11 is 1.26. The predicted octanol–water partition coefficient (Wildman–Crippen LogP) is 3.92. The highest BCUT2D eigenvalue weighted by Crippen LogP contribution is 2.32. The number of nitrogens with zero attached hydrogens (tertiary/aromatic N) is 2. The van der Waals surface area contributed by atoms with Crippen molar-refractivity contribution in [3.05, 3.63) is 70.5 Å². The zero-order valence-corrected chi connectivity index (χ0v) is 18.9. The molecule has 1 amide bonds. The molecule has 3 aromatic rings. The van der Waals surface area contributed by atoms with Gasteiger partial charge >= 0.3 is 0 Å². The van der Waals surface area contributed by atoms with E-state index in [0.717, 1.165) is 31.2 Å². The highest BCUT2D eigenvalue weighted by Gasteiger charge is 2.24. The highest BCUT2D eigenvalue weighted by molar-refractivity contribution is 7.99. The van der Waals surface area contributed by atoms with Crippen molar-refractivity contribution < 1.29 is 9.59 Å². The standard InChI is InChI=1S/C25H27N3O3S/c1-17(29)22(15-18-9-3-2-4-10-18)26-23(30)16-32-25-27-21-14-8-7-13-20(21)24(31)28(25)19-11-5-6-12-19/h2-4,7-10,13-14,19,22H,5-6,11-12,15-16H2,1H3,(H,26,30). The van der Waals surface area contributed by atoms with E-state index in [0.29, 0.717) is 22.5 Å². The Labute approximate surface area is 191 Å². The summed E-state index contributed by atoms with van der Waals surface area (Å²) in [7, 11) is 0. The molecule has 0 bridgehead atoms. The second kappa shape index (κ2) is 10.1. The summed E-state index contributed by atoms with van der Waals surface area (Å²) < 4.78 is 1.78. The molecule has 4 rings (SSSR count). The van der Waals surface area contributed by atoms with E-state index in [1.54, 1.807) is 10.6 Å². The first-order valence-electron chi connectivity index (χ1n) is 11.0. The zero-order chi connectivity index (χ0) is 22.5. The molecule has 7 heteroatoms. The summed E-state index contributed by atoms with van der Waals surface area (Å²) in [5.74, 6) is -0.235. The van der Waals surface area contributed by atoms with Crippen molar-refractivity contribution >= 4 is 34.4 Å². The van der Waals surface area contributed by atoms with Crippen LogP contribution in [0.1, 0.15) is 44.2 Å². The van der Waals surface area contributed by atoms with E-state index in [9.17, 15) is 14.4 Å².